The third-order valence-electron chi connectivity index (χ3n) is 2.57. The molecular weight excluding hydrogens is 300 g/mol. The second-order valence-corrected chi connectivity index (χ2v) is 6.13. The Hall–Kier alpha value is -0.103. The van der Waals surface area contributed by atoms with Gasteiger partial charge in [-0.1, -0.05) is 0 Å². The summed E-state index contributed by atoms with van der Waals surface area (Å²) in [5.41, 5.74) is 0. The lowest BCUT2D eigenvalue weighted by Gasteiger charge is -2.34. The summed E-state index contributed by atoms with van der Waals surface area (Å²) in [4.78, 5) is 0. The van der Waals surface area contributed by atoms with Crippen molar-refractivity contribution in [2.24, 2.45) is 0 Å². The number of methoxy groups -OCH3 is 4. The van der Waals surface area contributed by atoms with Crippen LogP contribution in [0, 0.1) is 0 Å². The highest BCUT2D eigenvalue weighted by Gasteiger charge is 2.52. The molecule has 0 saturated carbocycles. The smallest absolute Gasteiger partial charge is 0.357 e. The molecule has 0 aromatic carbocycles. The van der Waals surface area contributed by atoms with Crippen LogP contribution in [0.5, 0.6) is 0 Å². The molecular formula is C12H28O8Si. The minimum Gasteiger partial charge on any atom is -0.357 e. The molecule has 0 fully saturated rings. The molecule has 0 aromatic rings. The molecule has 128 valence electrons. The van der Waals surface area contributed by atoms with Gasteiger partial charge in [0.1, 0.15) is 0 Å². The molecule has 4 atom stereocenters. The fourth-order valence-corrected chi connectivity index (χ4v) is 3.52. The van der Waals surface area contributed by atoms with Crippen molar-refractivity contribution in [3.63, 3.8) is 0 Å². The molecule has 0 spiro atoms. The minimum atomic E-state index is -3.63. The second-order valence-electron chi connectivity index (χ2n) is 4.18. The lowest BCUT2D eigenvalue weighted by Crippen LogP contribution is -2.56. The van der Waals surface area contributed by atoms with Crippen molar-refractivity contribution in [3.8, 4) is 0 Å². The molecule has 0 aromatic heterocycles. The molecule has 0 amide bonds. The van der Waals surface area contributed by atoms with Gasteiger partial charge in [-0.25, -0.2) is 0 Å². The first-order valence-corrected chi connectivity index (χ1v) is 8.28. The van der Waals surface area contributed by atoms with E-state index in [1.807, 2.05) is 0 Å². The first-order valence-electron chi connectivity index (χ1n) is 6.64. The highest BCUT2D eigenvalue weighted by Crippen LogP contribution is 2.21. The van der Waals surface area contributed by atoms with E-state index in [2.05, 4.69) is 0 Å². The van der Waals surface area contributed by atoms with Crippen LogP contribution in [0.2, 0.25) is 0 Å². The Balaban J connectivity index is 5.23. The number of hydrogen-bond acceptors (Lipinski definition) is 8. The first kappa shape index (κ1) is 20.9. The molecule has 0 aliphatic carbocycles. The Morgan fingerprint density at radius 3 is 0.810 bits per heavy atom. The zero-order valence-electron chi connectivity index (χ0n) is 14.1. The molecule has 21 heavy (non-hydrogen) atoms. The lowest BCUT2D eigenvalue weighted by molar-refractivity contribution is -0.222. The van der Waals surface area contributed by atoms with E-state index in [1.54, 1.807) is 27.7 Å². The maximum absolute atomic E-state index is 5.71. The van der Waals surface area contributed by atoms with Gasteiger partial charge in [-0.15, -0.1) is 0 Å². The van der Waals surface area contributed by atoms with Gasteiger partial charge in [0, 0.05) is 28.4 Å². The highest BCUT2D eigenvalue weighted by molar-refractivity contribution is 6.53. The second kappa shape index (κ2) is 10.6. The molecule has 8 nitrogen and oxygen atoms in total. The average molecular weight is 328 g/mol. The van der Waals surface area contributed by atoms with Gasteiger partial charge < -0.3 is 36.7 Å². The summed E-state index contributed by atoms with van der Waals surface area (Å²) < 4.78 is 43.3. The lowest BCUT2D eigenvalue weighted by atomic mass is 10.8. The van der Waals surface area contributed by atoms with Gasteiger partial charge >= 0.3 is 9.05 Å². The monoisotopic (exact) mass is 328 g/mol. The highest BCUT2D eigenvalue weighted by atomic mass is 28.4. The van der Waals surface area contributed by atoms with Crippen molar-refractivity contribution < 1.29 is 36.7 Å². The van der Waals surface area contributed by atoms with E-state index in [1.165, 1.54) is 28.4 Å². The van der Waals surface area contributed by atoms with Crippen molar-refractivity contribution in [3.05, 3.63) is 0 Å². The Bertz CT molecular complexity index is 214. The Morgan fingerprint density at radius 2 is 0.667 bits per heavy atom. The molecule has 0 N–H and O–H groups in total. The molecule has 0 heterocycles. The molecule has 0 aliphatic rings. The summed E-state index contributed by atoms with van der Waals surface area (Å²) in [6.45, 7) is 6.79. The average Bonchev–Trinajstić information content (AvgIpc) is 2.46. The van der Waals surface area contributed by atoms with Crippen molar-refractivity contribution >= 4 is 9.05 Å². The maximum Gasteiger partial charge on any atom is 0.687 e. The van der Waals surface area contributed by atoms with Crippen LogP contribution < -0.4 is 0 Å². The molecule has 0 rings (SSSR count). The van der Waals surface area contributed by atoms with Gasteiger partial charge in [0.25, 0.3) is 0 Å². The van der Waals surface area contributed by atoms with Crippen LogP contribution in [0.1, 0.15) is 27.7 Å². The van der Waals surface area contributed by atoms with E-state index in [0.29, 0.717) is 0 Å². The molecule has 0 bridgehead atoms. The Kier molecular flexibility index (Phi) is 10.5. The van der Waals surface area contributed by atoms with Crippen molar-refractivity contribution in [1.82, 2.24) is 0 Å². The predicted octanol–water partition coefficient (Wildman–Crippen LogP) is 1.46. The van der Waals surface area contributed by atoms with Crippen LogP contribution in [-0.2, 0) is 36.7 Å². The number of rotatable bonds is 12. The van der Waals surface area contributed by atoms with Crippen LogP contribution >= 0.6 is 0 Å². The van der Waals surface area contributed by atoms with Gasteiger partial charge in [0.2, 0.25) is 0 Å². The first-order chi connectivity index (χ1) is 9.82. The zero-order chi connectivity index (χ0) is 16.5. The minimum absolute atomic E-state index is 0.603. The van der Waals surface area contributed by atoms with E-state index in [9.17, 15) is 0 Å². The van der Waals surface area contributed by atoms with Gasteiger partial charge in [-0.05, 0) is 27.7 Å². The van der Waals surface area contributed by atoms with Gasteiger partial charge in [-0.3, -0.25) is 0 Å². The largest absolute Gasteiger partial charge is 0.687 e. The molecule has 0 radical (unpaired) electrons. The van der Waals surface area contributed by atoms with Crippen molar-refractivity contribution in [2.75, 3.05) is 28.4 Å². The molecule has 0 unspecified atom stereocenters. The van der Waals surface area contributed by atoms with Crippen molar-refractivity contribution in [1.29, 1.82) is 0 Å². The fraction of sp³-hybridized carbons (Fsp3) is 1.00. The van der Waals surface area contributed by atoms with Crippen molar-refractivity contribution in [2.45, 2.75) is 52.9 Å². The standard InChI is InChI=1S/C12H28O8Si/c1-9(13-5)17-21(18-10(2)14-6,19-11(3)15-7)20-12(4)16-8/h9-12H,1-8H3/t9-,10-,11+,12+. The summed E-state index contributed by atoms with van der Waals surface area (Å²) >= 11 is 0. The Morgan fingerprint density at radius 1 is 0.476 bits per heavy atom. The molecule has 0 saturated heterocycles. The summed E-state index contributed by atoms with van der Waals surface area (Å²) in [6.07, 6.45) is -2.41. The number of hydrogen-bond donors (Lipinski definition) is 0. The van der Waals surface area contributed by atoms with E-state index in [0.717, 1.165) is 0 Å². The SMILES string of the molecule is CO[C@@H](C)O[Si](O[C@H](C)OC)(O[C@@H](C)OC)O[C@@H](C)OC. The van der Waals surface area contributed by atoms with E-state index in [4.69, 9.17) is 36.7 Å². The van der Waals surface area contributed by atoms with E-state index >= 15 is 0 Å². The topological polar surface area (TPSA) is 73.8 Å². The van der Waals surface area contributed by atoms with Crippen LogP contribution in [0.25, 0.3) is 0 Å². The zero-order valence-corrected chi connectivity index (χ0v) is 15.1. The summed E-state index contributed by atoms with van der Waals surface area (Å²) in [5.74, 6) is 0. The Labute approximate surface area is 128 Å². The quantitative estimate of drug-likeness (QED) is 0.394. The normalized spacial score (nSPS) is 18.3. The summed E-state index contributed by atoms with van der Waals surface area (Å²) in [6, 6.07) is 0. The van der Waals surface area contributed by atoms with Crippen LogP contribution in [0.3, 0.4) is 0 Å². The van der Waals surface area contributed by atoms with Crippen LogP contribution in [-0.4, -0.2) is 62.6 Å². The van der Waals surface area contributed by atoms with Gasteiger partial charge in [-0.2, -0.15) is 0 Å². The molecule has 0 aliphatic heterocycles. The fourth-order valence-electron chi connectivity index (χ4n) is 1.17. The van der Waals surface area contributed by atoms with E-state index in [-0.39, 0.29) is 0 Å². The number of ether oxygens (including phenoxy) is 4. The maximum atomic E-state index is 5.71. The summed E-state index contributed by atoms with van der Waals surface area (Å²) in [7, 11) is 2.38. The van der Waals surface area contributed by atoms with Gasteiger partial charge in [0.15, 0.2) is 25.2 Å². The third kappa shape index (κ3) is 8.19. The van der Waals surface area contributed by atoms with Crippen LogP contribution in [0.4, 0.5) is 0 Å². The predicted molar refractivity (Wildman–Crippen MR) is 76.0 cm³/mol. The molecule has 9 heteroatoms. The van der Waals surface area contributed by atoms with Gasteiger partial charge in [0.05, 0.1) is 0 Å². The van der Waals surface area contributed by atoms with E-state index < -0.39 is 34.2 Å². The van der Waals surface area contributed by atoms with Crippen LogP contribution in [0.15, 0.2) is 0 Å². The third-order valence-corrected chi connectivity index (χ3v) is 5.05. The summed E-state index contributed by atoms with van der Waals surface area (Å²) in [5, 5.41) is 0.